The Morgan fingerprint density at radius 3 is 2.38 bits per heavy atom. The summed E-state index contributed by atoms with van der Waals surface area (Å²) < 4.78 is 0. The third kappa shape index (κ3) is 2.29. The zero-order valence-corrected chi connectivity index (χ0v) is 8.41. The summed E-state index contributed by atoms with van der Waals surface area (Å²) in [7, 11) is 1.86. The van der Waals surface area contributed by atoms with Crippen molar-refractivity contribution in [3.05, 3.63) is 35.4 Å². The van der Waals surface area contributed by atoms with E-state index in [9.17, 15) is 5.11 Å². The standard InChI is InChI=1S/C11H17NO/c1-8-6-4-5-7-10(8)11(12-3)9(2)13/h4-7,9,11-13H,1-3H3. The Kier molecular flexibility index (Phi) is 3.46. The molecule has 2 atom stereocenters. The number of aryl methyl sites for hydroxylation is 1. The molecule has 0 aromatic heterocycles. The fourth-order valence-corrected chi connectivity index (χ4v) is 1.59. The minimum absolute atomic E-state index is 0.0289. The predicted octanol–water partition coefficient (Wildman–Crippen LogP) is 1.64. The minimum atomic E-state index is -0.369. The van der Waals surface area contributed by atoms with Gasteiger partial charge in [-0.25, -0.2) is 0 Å². The van der Waals surface area contributed by atoms with Gasteiger partial charge in [0, 0.05) is 0 Å². The molecule has 1 aromatic carbocycles. The molecule has 0 aliphatic heterocycles. The molecule has 0 aliphatic carbocycles. The summed E-state index contributed by atoms with van der Waals surface area (Å²) in [4.78, 5) is 0. The molecule has 13 heavy (non-hydrogen) atoms. The predicted molar refractivity (Wildman–Crippen MR) is 54.7 cm³/mol. The molecule has 1 aromatic rings. The van der Waals surface area contributed by atoms with Crippen molar-refractivity contribution in [1.29, 1.82) is 0 Å². The van der Waals surface area contributed by atoms with E-state index >= 15 is 0 Å². The molecule has 2 heteroatoms. The lowest BCUT2D eigenvalue weighted by Crippen LogP contribution is -2.27. The van der Waals surface area contributed by atoms with E-state index in [2.05, 4.69) is 18.3 Å². The first-order valence-electron chi connectivity index (χ1n) is 4.57. The number of likely N-dealkylation sites (N-methyl/N-ethyl adjacent to an activating group) is 1. The minimum Gasteiger partial charge on any atom is -0.391 e. The van der Waals surface area contributed by atoms with Crippen LogP contribution in [0, 0.1) is 6.92 Å². The van der Waals surface area contributed by atoms with Crippen molar-refractivity contribution >= 4 is 0 Å². The van der Waals surface area contributed by atoms with Gasteiger partial charge in [-0.3, -0.25) is 0 Å². The van der Waals surface area contributed by atoms with E-state index < -0.39 is 0 Å². The maximum atomic E-state index is 9.53. The number of hydrogen-bond acceptors (Lipinski definition) is 2. The highest BCUT2D eigenvalue weighted by Gasteiger charge is 2.15. The van der Waals surface area contributed by atoms with Crippen molar-refractivity contribution in [2.45, 2.75) is 26.0 Å². The number of rotatable bonds is 3. The molecule has 0 heterocycles. The number of nitrogens with one attached hydrogen (secondary N) is 1. The molecule has 0 bridgehead atoms. The lowest BCUT2D eigenvalue weighted by atomic mass is 9.98. The van der Waals surface area contributed by atoms with Gasteiger partial charge in [0.25, 0.3) is 0 Å². The molecular formula is C11H17NO. The van der Waals surface area contributed by atoms with Crippen LogP contribution in [-0.4, -0.2) is 18.3 Å². The topological polar surface area (TPSA) is 32.3 Å². The molecule has 0 spiro atoms. The van der Waals surface area contributed by atoms with Crippen molar-refractivity contribution < 1.29 is 5.11 Å². The molecular weight excluding hydrogens is 162 g/mol. The molecule has 0 radical (unpaired) electrons. The molecule has 0 amide bonds. The Balaban J connectivity index is 2.97. The van der Waals surface area contributed by atoms with Crippen LogP contribution >= 0.6 is 0 Å². The average molecular weight is 179 g/mol. The third-order valence-corrected chi connectivity index (χ3v) is 2.32. The van der Waals surface area contributed by atoms with E-state index in [0.717, 1.165) is 0 Å². The average Bonchev–Trinajstić information content (AvgIpc) is 2.09. The Labute approximate surface area is 79.6 Å². The zero-order chi connectivity index (χ0) is 9.84. The van der Waals surface area contributed by atoms with Gasteiger partial charge in [-0.2, -0.15) is 0 Å². The molecule has 1 rings (SSSR count). The second-order valence-corrected chi connectivity index (χ2v) is 3.36. The van der Waals surface area contributed by atoms with Crippen LogP contribution in [0.4, 0.5) is 0 Å². The maximum Gasteiger partial charge on any atom is 0.0706 e. The highest BCUT2D eigenvalue weighted by molar-refractivity contribution is 5.29. The number of benzene rings is 1. The van der Waals surface area contributed by atoms with E-state index in [1.165, 1.54) is 11.1 Å². The lowest BCUT2D eigenvalue weighted by Gasteiger charge is -2.21. The van der Waals surface area contributed by atoms with Crippen LogP contribution in [0.15, 0.2) is 24.3 Å². The van der Waals surface area contributed by atoms with Crippen LogP contribution < -0.4 is 5.32 Å². The van der Waals surface area contributed by atoms with E-state index in [0.29, 0.717) is 0 Å². The van der Waals surface area contributed by atoms with E-state index in [4.69, 9.17) is 0 Å². The van der Waals surface area contributed by atoms with Gasteiger partial charge in [0.2, 0.25) is 0 Å². The summed E-state index contributed by atoms with van der Waals surface area (Å²) in [5, 5.41) is 12.6. The molecule has 0 saturated heterocycles. The van der Waals surface area contributed by atoms with Crippen molar-refractivity contribution in [2.24, 2.45) is 0 Å². The second kappa shape index (κ2) is 4.40. The lowest BCUT2D eigenvalue weighted by molar-refractivity contribution is 0.149. The first-order chi connectivity index (χ1) is 6.16. The van der Waals surface area contributed by atoms with Crippen LogP contribution in [-0.2, 0) is 0 Å². The summed E-state index contributed by atoms with van der Waals surface area (Å²) in [6.45, 7) is 3.86. The number of aliphatic hydroxyl groups is 1. The Morgan fingerprint density at radius 1 is 1.31 bits per heavy atom. The monoisotopic (exact) mass is 179 g/mol. The van der Waals surface area contributed by atoms with Crippen LogP contribution in [0.25, 0.3) is 0 Å². The van der Waals surface area contributed by atoms with Gasteiger partial charge in [-0.15, -0.1) is 0 Å². The van der Waals surface area contributed by atoms with Crippen molar-refractivity contribution in [3.8, 4) is 0 Å². The third-order valence-electron chi connectivity index (χ3n) is 2.32. The fourth-order valence-electron chi connectivity index (χ4n) is 1.59. The summed E-state index contributed by atoms with van der Waals surface area (Å²) in [6, 6.07) is 8.13. The van der Waals surface area contributed by atoms with Gasteiger partial charge >= 0.3 is 0 Å². The number of hydrogen-bond donors (Lipinski definition) is 2. The highest BCUT2D eigenvalue weighted by atomic mass is 16.3. The molecule has 2 N–H and O–H groups in total. The van der Waals surface area contributed by atoms with Crippen molar-refractivity contribution in [1.82, 2.24) is 5.32 Å². The molecule has 2 nitrogen and oxygen atoms in total. The van der Waals surface area contributed by atoms with E-state index in [1.54, 1.807) is 6.92 Å². The van der Waals surface area contributed by atoms with Gasteiger partial charge in [0.15, 0.2) is 0 Å². The zero-order valence-electron chi connectivity index (χ0n) is 8.41. The SMILES string of the molecule is CNC(c1ccccc1C)C(C)O. The van der Waals surface area contributed by atoms with Gasteiger partial charge in [0.1, 0.15) is 0 Å². The Morgan fingerprint density at radius 2 is 1.92 bits per heavy atom. The largest absolute Gasteiger partial charge is 0.391 e. The maximum absolute atomic E-state index is 9.53. The van der Waals surface area contributed by atoms with E-state index in [1.807, 2.05) is 25.2 Å². The number of aliphatic hydroxyl groups excluding tert-OH is 1. The smallest absolute Gasteiger partial charge is 0.0706 e. The first-order valence-corrected chi connectivity index (χ1v) is 4.57. The summed E-state index contributed by atoms with van der Waals surface area (Å²) in [5.41, 5.74) is 2.38. The summed E-state index contributed by atoms with van der Waals surface area (Å²) in [5.74, 6) is 0. The molecule has 0 saturated carbocycles. The van der Waals surface area contributed by atoms with Gasteiger partial charge in [-0.1, -0.05) is 24.3 Å². The molecule has 72 valence electrons. The van der Waals surface area contributed by atoms with Crippen LogP contribution in [0.1, 0.15) is 24.1 Å². The Hall–Kier alpha value is -0.860. The summed E-state index contributed by atoms with van der Waals surface area (Å²) >= 11 is 0. The van der Waals surface area contributed by atoms with Gasteiger partial charge in [-0.05, 0) is 32.0 Å². The quantitative estimate of drug-likeness (QED) is 0.739. The van der Waals surface area contributed by atoms with Gasteiger partial charge < -0.3 is 10.4 Å². The van der Waals surface area contributed by atoms with Gasteiger partial charge in [0.05, 0.1) is 12.1 Å². The highest BCUT2D eigenvalue weighted by Crippen LogP contribution is 2.19. The van der Waals surface area contributed by atoms with Crippen LogP contribution in [0.3, 0.4) is 0 Å². The fraction of sp³-hybridized carbons (Fsp3) is 0.455. The normalized spacial score (nSPS) is 15.4. The van der Waals surface area contributed by atoms with Crippen molar-refractivity contribution in [3.63, 3.8) is 0 Å². The van der Waals surface area contributed by atoms with Crippen molar-refractivity contribution in [2.75, 3.05) is 7.05 Å². The first kappa shape index (κ1) is 10.2. The van der Waals surface area contributed by atoms with E-state index in [-0.39, 0.29) is 12.1 Å². The summed E-state index contributed by atoms with van der Waals surface area (Å²) in [6.07, 6.45) is -0.369. The molecule has 0 aliphatic rings. The Bertz CT molecular complexity index is 271. The van der Waals surface area contributed by atoms with Crippen LogP contribution in [0.2, 0.25) is 0 Å². The van der Waals surface area contributed by atoms with Crippen LogP contribution in [0.5, 0.6) is 0 Å². The molecule has 2 unspecified atom stereocenters. The molecule has 0 fully saturated rings. The second-order valence-electron chi connectivity index (χ2n) is 3.36.